The Bertz CT molecular complexity index is 1120. The number of aliphatic imine (C=N–C) groups is 1. The lowest BCUT2D eigenvalue weighted by atomic mass is 10.0. The minimum atomic E-state index is -0.543. The van der Waals surface area contributed by atoms with Gasteiger partial charge in [-0.2, -0.15) is 10.4 Å². The second kappa shape index (κ2) is 8.91. The zero-order valence-electron chi connectivity index (χ0n) is 19.4. The van der Waals surface area contributed by atoms with Gasteiger partial charge in [-0.3, -0.25) is 4.99 Å². The van der Waals surface area contributed by atoms with Gasteiger partial charge < -0.3 is 20.1 Å². The molecule has 1 fully saturated rings. The normalized spacial score (nSPS) is 19.8. The van der Waals surface area contributed by atoms with Crippen LogP contribution in [0.3, 0.4) is 0 Å². The van der Waals surface area contributed by atoms with Crippen molar-refractivity contribution in [3.05, 3.63) is 35.8 Å². The fraction of sp³-hybridized carbons (Fsp3) is 0.478. The van der Waals surface area contributed by atoms with Gasteiger partial charge in [0.1, 0.15) is 28.5 Å². The average Bonchev–Trinajstić information content (AvgIpc) is 3.29. The molecule has 1 unspecified atom stereocenters. The number of nitrogens with two attached hydrogens (primary N) is 1. The molecule has 2 aromatic heterocycles. The highest BCUT2D eigenvalue weighted by atomic mass is 16.6. The first-order valence-electron chi connectivity index (χ1n) is 10.5. The molecule has 0 aromatic carbocycles. The highest BCUT2D eigenvalue weighted by Crippen LogP contribution is 2.29. The Morgan fingerprint density at radius 3 is 2.75 bits per heavy atom. The molecule has 2 aromatic rings. The Morgan fingerprint density at radius 2 is 2.16 bits per heavy atom. The Labute approximate surface area is 188 Å². The minimum absolute atomic E-state index is 0.0293. The summed E-state index contributed by atoms with van der Waals surface area (Å²) in [6.07, 6.45) is 5.21. The van der Waals surface area contributed by atoms with E-state index in [1.807, 2.05) is 40.7 Å². The summed E-state index contributed by atoms with van der Waals surface area (Å²) in [5.41, 5.74) is 8.69. The van der Waals surface area contributed by atoms with Gasteiger partial charge in [-0.25, -0.2) is 9.31 Å². The Hall–Kier alpha value is -3.54. The predicted octanol–water partition coefficient (Wildman–Crippen LogP) is 3.37. The Morgan fingerprint density at radius 1 is 1.44 bits per heavy atom. The van der Waals surface area contributed by atoms with Crippen LogP contribution in [0.1, 0.15) is 52.2 Å². The summed E-state index contributed by atoms with van der Waals surface area (Å²) in [7, 11) is 1.55. The number of carbonyl (C=O) groups is 1. The summed E-state index contributed by atoms with van der Waals surface area (Å²) in [5, 5.41) is 13.6. The molecule has 170 valence electrons. The quantitative estimate of drug-likeness (QED) is 0.731. The van der Waals surface area contributed by atoms with Crippen LogP contribution in [-0.4, -0.2) is 57.7 Å². The predicted molar refractivity (Wildman–Crippen MR) is 123 cm³/mol. The van der Waals surface area contributed by atoms with Crippen molar-refractivity contribution in [2.75, 3.05) is 13.7 Å². The maximum absolute atomic E-state index is 12.5. The topological polar surface area (TPSA) is 118 Å². The average molecular weight is 439 g/mol. The first kappa shape index (κ1) is 23.1. The number of nitriles is 1. The van der Waals surface area contributed by atoms with E-state index in [1.165, 1.54) is 12.4 Å². The zero-order chi connectivity index (χ0) is 23.6. The van der Waals surface area contributed by atoms with Crippen LogP contribution >= 0.6 is 0 Å². The molecule has 0 bridgehead atoms. The van der Waals surface area contributed by atoms with Crippen molar-refractivity contribution in [3.8, 4) is 11.8 Å². The molecular weight excluding hydrogens is 408 g/mol. The van der Waals surface area contributed by atoms with Crippen LogP contribution in [0.2, 0.25) is 0 Å². The third kappa shape index (κ3) is 4.69. The van der Waals surface area contributed by atoms with Crippen molar-refractivity contribution in [3.63, 3.8) is 0 Å². The second-order valence-corrected chi connectivity index (χ2v) is 8.93. The fourth-order valence-electron chi connectivity index (χ4n) is 3.91. The molecule has 1 amide bonds. The number of likely N-dealkylation sites (tertiary alicyclic amines) is 1. The van der Waals surface area contributed by atoms with Crippen LogP contribution < -0.4 is 10.5 Å². The van der Waals surface area contributed by atoms with Gasteiger partial charge in [-0.1, -0.05) is 0 Å². The van der Waals surface area contributed by atoms with Crippen molar-refractivity contribution in [1.29, 1.82) is 5.26 Å². The highest BCUT2D eigenvalue weighted by molar-refractivity contribution is 6.22. The highest BCUT2D eigenvalue weighted by Gasteiger charge is 2.35. The second-order valence-electron chi connectivity index (χ2n) is 8.93. The van der Waals surface area contributed by atoms with E-state index in [1.54, 1.807) is 22.7 Å². The van der Waals surface area contributed by atoms with E-state index in [0.717, 1.165) is 23.3 Å². The molecule has 2 atom stereocenters. The number of hydrogen-bond donors (Lipinski definition) is 1. The van der Waals surface area contributed by atoms with Crippen molar-refractivity contribution in [1.82, 2.24) is 14.5 Å². The fourth-order valence-corrected chi connectivity index (χ4v) is 3.91. The van der Waals surface area contributed by atoms with E-state index >= 15 is 0 Å². The van der Waals surface area contributed by atoms with Gasteiger partial charge in [0.05, 0.1) is 19.3 Å². The molecule has 1 aliphatic rings. The summed E-state index contributed by atoms with van der Waals surface area (Å²) >= 11 is 0. The summed E-state index contributed by atoms with van der Waals surface area (Å²) < 4.78 is 12.6. The number of hydrogen-bond acceptors (Lipinski definition) is 7. The van der Waals surface area contributed by atoms with Crippen molar-refractivity contribution >= 4 is 22.9 Å². The van der Waals surface area contributed by atoms with Crippen LogP contribution in [0.25, 0.3) is 11.1 Å². The molecule has 3 heterocycles. The van der Waals surface area contributed by atoms with Crippen LogP contribution in [-0.2, 0) is 4.74 Å². The van der Waals surface area contributed by atoms with Gasteiger partial charge in [0.2, 0.25) is 0 Å². The van der Waals surface area contributed by atoms with E-state index in [0.29, 0.717) is 23.4 Å². The molecule has 0 saturated carbocycles. The summed E-state index contributed by atoms with van der Waals surface area (Å²) in [4.78, 5) is 19.1. The number of fused-ring (bicyclic) bond motifs is 1. The van der Waals surface area contributed by atoms with Crippen LogP contribution in [0.4, 0.5) is 4.79 Å². The Balaban J connectivity index is 1.86. The van der Waals surface area contributed by atoms with Gasteiger partial charge in [-0.15, -0.1) is 0 Å². The smallest absolute Gasteiger partial charge is 0.410 e. The van der Waals surface area contributed by atoms with Crippen molar-refractivity contribution in [2.45, 2.75) is 58.7 Å². The molecule has 2 N–H and O–H groups in total. The number of amides is 1. The van der Waals surface area contributed by atoms with Gasteiger partial charge >= 0.3 is 6.09 Å². The zero-order valence-corrected chi connectivity index (χ0v) is 19.4. The van der Waals surface area contributed by atoms with Gasteiger partial charge in [0.15, 0.2) is 0 Å². The Kier molecular flexibility index (Phi) is 6.44. The number of rotatable bonds is 4. The lowest BCUT2D eigenvalue weighted by molar-refractivity contribution is 0.0237. The van der Waals surface area contributed by atoms with Crippen molar-refractivity contribution in [2.24, 2.45) is 10.7 Å². The minimum Gasteiger partial charge on any atom is -0.494 e. The van der Waals surface area contributed by atoms with Crippen LogP contribution in [0, 0.1) is 11.3 Å². The third-order valence-corrected chi connectivity index (χ3v) is 5.34. The molecule has 3 rings (SSSR count). The number of carbonyl (C=O) groups excluding carboxylic acids is 1. The van der Waals surface area contributed by atoms with E-state index in [4.69, 9.17) is 20.2 Å². The number of allylic oxidation sites excluding steroid dienone is 1. The van der Waals surface area contributed by atoms with E-state index in [-0.39, 0.29) is 18.2 Å². The molecule has 9 nitrogen and oxygen atoms in total. The standard InChI is InChI=1S/C23H30N6O3/c1-14-7-18(13-28(14)22(30)32-23(3,4)5)27-15(2)19(10-25)16-8-20(31-6)21-17(9-24)11-26-29(21)12-16/h8,10-12,14,18H,7,13,25H2,1-6H3/b19-10+,27-15?/t14-,18?/m0/s1. The molecule has 9 heteroatoms. The van der Waals surface area contributed by atoms with Crippen LogP contribution in [0.15, 0.2) is 29.7 Å². The third-order valence-electron chi connectivity index (χ3n) is 5.34. The van der Waals surface area contributed by atoms with Crippen LogP contribution in [0.5, 0.6) is 5.75 Å². The van der Waals surface area contributed by atoms with E-state index in [2.05, 4.69) is 11.2 Å². The molecule has 1 saturated heterocycles. The van der Waals surface area contributed by atoms with Gasteiger partial charge in [0.25, 0.3) is 0 Å². The lowest BCUT2D eigenvalue weighted by Crippen LogP contribution is -2.39. The molecule has 1 aliphatic heterocycles. The number of pyridine rings is 1. The van der Waals surface area contributed by atoms with Gasteiger partial charge in [-0.05, 0) is 47.1 Å². The summed E-state index contributed by atoms with van der Waals surface area (Å²) in [6, 6.07) is 3.91. The molecule has 0 aliphatic carbocycles. The van der Waals surface area contributed by atoms with Crippen molar-refractivity contribution < 1.29 is 14.3 Å². The van der Waals surface area contributed by atoms with E-state index < -0.39 is 5.60 Å². The molecule has 0 radical (unpaired) electrons. The summed E-state index contributed by atoms with van der Waals surface area (Å²) in [6.45, 7) is 9.94. The van der Waals surface area contributed by atoms with Gasteiger partial charge in [0, 0.05) is 41.8 Å². The first-order chi connectivity index (χ1) is 15.1. The SMILES string of the molecule is COc1cc(/C(=C/N)C(C)=NC2C[C@H](C)N(C(=O)OC(C)(C)C)C2)cn2ncc(C#N)c12. The number of aromatic nitrogens is 2. The monoisotopic (exact) mass is 438 g/mol. The molecule has 0 spiro atoms. The lowest BCUT2D eigenvalue weighted by Gasteiger charge is -2.26. The summed E-state index contributed by atoms with van der Waals surface area (Å²) in [5.74, 6) is 0.522. The maximum atomic E-state index is 12.5. The first-order valence-corrected chi connectivity index (χ1v) is 10.5. The number of nitrogens with zero attached hydrogens (tertiary/aromatic N) is 5. The number of ether oxygens (including phenoxy) is 2. The molecule has 32 heavy (non-hydrogen) atoms. The largest absolute Gasteiger partial charge is 0.494 e. The number of methoxy groups -OCH3 is 1. The van der Waals surface area contributed by atoms with E-state index in [9.17, 15) is 10.1 Å². The molecular formula is C23H30N6O3. The maximum Gasteiger partial charge on any atom is 0.410 e.